The van der Waals surface area contributed by atoms with Crippen LogP contribution in [0.2, 0.25) is 10.0 Å². The first-order valence-electron chi connectivity index (χ1n) is 9.02. The Hall–Kier alpha value is -2.94. The van der Waals surface area contributed by atoms with E-state index in [1.807, 2.05) is 34.9 Å². The molecule has 1 N–H and O–H groups in total. The van der Waals surface area contributed by atoms with Gasteiger partial charge in [-0.15, -0.1) is 10.2 Å². The molecule has 0 spiro atoms. The van der Waals surface area contributed by atoms with Crippen molar-refractivity contribution in [2.75, 3.05) is 11.1 Å². The van der Waals surface area contributed by atoms with Gasteiger partial charge in [-0.2, -0.15) is 0 Å². The van der Waals surface area contributed by atoms with Crippen LogP contribution < -0.4 is 5.32 Å². The van der Waals surface area contributed by atoms with Gasteiger partial charge in [0.05, 0.1) is 15.8 Å². The zero-order chi connectivity index (χ0) is 21.8. The highest BCUT2D eigenvalue weighted by molar-refractivity contribution is 7.99. The highest BCUT2D eigenvalue weighted by Crippen LogP contribution is 2.28. The number of carbonyl (C=O) groups excluding carboxylic acids is 1. The quantitative estimate of drug-likeness (QED) is 0.374. The lowest BCUT2D eigenvalue weighted by Gasteiger charge is -2.10. The maximum atomic E-state index is 13.4. The molecule has 2 aromatic heterocycles. The van der Waals surface area contributed by atoms with Crippen LogP contribution in [0, 0.1) is 5.82 Å². The van der Waals surface area contributed by atoms with Gasteiger partial charge in [0.2, 0.25) is 5.91 Å². The Bertz CT molecular complexity index is 1220. The molecular weight excluding hydrogens is 460 g/mol. The lowest BCUT2D eigenvalue weighted by atomic mass is 10.2. The smallest absolute Gasteiger partial charge is 0.236 e. The molecule has 0 saturated heterocycles. The third-order valence-electron chi connectivity index (χ3n) is 4.15. The SMILES string of the molecule is O=C(CSc1nnc(-c2ccc(F)cc2)n1-c1ccccc1)Nc1ncc(Cl)cc1Cl. The van der Waals surface area contributed by atoms with E-state index in [1.54, 1.807) is 12.1 Å². The van der Waals surface area contributed by atoms with Crippen LogP contribution in [0.4, 0.5) is 10.2 Å². The summed E-state index contributed by atoms with van der Waals surface area (Å²) in [6.07, 6.45) is 1.40. The van der Waals surface area contributed by atoms with Crippen molar-refractivity contribution in [2.45, 2.75) is 5.16 Å². The van der Waals surface area contributed by atoms with Crippen molar-refractivity contribution >= 4 is 46.7 Å². The number of thioether (sulfide) groups is 1. The van der Waals surface area contributed by atoms with Crippen molar-refractivity contribution in [3.63, 3.8) is 0 Å². The van der Waals surface area contributed by atoms with Crippen molar-refractivity contribution in [1.82, 2.24) is 19.7 Å². The van der Waals surface area contributed by atoms with Crippen LogP contribution >= 0.6 is 35.0 Å². The second kappa shape index (κ2) is 9.47. The molecule has 0 radical (unpaired) electrons. The van der Waals surface area contributed by atoms with Crippen LogP contribution in [0.3, 0.4) is 0 Å². The van der Waals surface area contributed by atoms with E-state index >= 15 is 0 Å². The van der Waals surface area contributed by atoms with Crippen molar-refractivity contribution in [3.8, 4) is 17.1 Å². The first kappa shape index (κ1) is 21.3. The number of amides is 1. The van der Waals surface area contributed by atoms with Crippen molar-refractivity contribution < 1.29 is 9.18 Å². The highest BCUT2D eigenvalue weighted by Gasteiger charge is 2.18. The maximum Gasteiger partial charge on any atom is 0.236 e. The Kier molecular flexibility index (Phi) is 6.50. The molecule has 0 aliphatic heterocycles. The van der Waals surface area contributed by atoms with Crippen LogP contribution in [0.25, 0.3) is 17.1 Å². The zero-order valence-corrected chi connectivity index (χ0v) is 18.1. The summed E-state index contributed by atoms with van der Waals surface area (Å²) in [7, 11) is 0. The summed E-state index contributed by atoms with van der Waals surface area (Å²) in [5.74, 6) is 0.169. The molecule has 0 fully saturated rings. The fraction of sp³-hybridized carbons (Fsp3) is 0.0476. The van der Waals surface area contributed by atoms with E-state index in [0.29, 0.717) is 21.6 Å². The Balaban J connectivity index is 1.58. The van der Waals surface area contributed by atoms with Gasteiger partial charge < -0.3 is 5.32 Å². The van der Waals surface area contributed by atoms with E-state index in [0.717, 1.165) is 5.69 Å². The second-order valence-corrected chi connectivity index (χ2v) is 8.09. The summed E-state index contributed by atoms with van der Waals surface area (Å²) < 4.78 is 15.2. The summed E-state index contributed by atoms with van der Waals surface area (Å²) in [6, 6.07) is 17.0. The summed E-state index contributed by atoms with van der Waals surface area (Å²) >= 11 is 13.1. The van der Waals surface area contributed by atoms with Gasteiger partial charge in [-0.25, -0.2) is 9.37 Å². The van der Waals surface area contributed by atoms with Crippen LogP contribution in [0.1, 0.15) is 0 Å². The van der Waals surface area contributed by atoms with Crippen molar-refractivity contribution in [2.24, 2.45) is 0 Å². The van der Waals surface area contributed by atoms with Crippen LogP contribution in [-0.2, 0) is 4.79 Å². The molecule has 6 nitrogen and oxygen atoms in total. The molecule has 2 aromatic carbocycles. The molecule has 4 rings (SSSR count). The van der Waals surface area contributed by atoms with Gasteiger partial charge in [0.1, 0.15) is 5.82 Å². The van der Waals surface area contributed by atoms with Crippen LogP contribution in [0.15, 0.2) is 72.0 Å². The number of carbonyl (C=O) groups is 1. The number of pyridine rings is 1. The van der Waals surface area contributed by atoms with E-state index in [2.05, 4.69) is 20.5 Å². The Morgan fingerprint density at radius 3 is 2.52 bits per heavy atom. The zero-order valence-electron chi connectivity index (χ0n) is 15.8. The van der Waals surface area contributed by atoms with Crippen LogP contribution in [-0.4, -0.2) is 31.4 Å². The average molecular weight is 474 g/mol. The van der Waals surface area contributed by atoms with Crippen molar-refractivity contribution in [3.05, 3.63) is 82.7 Å². The number of nitrogens with zero attached hydrogens (tertiary/aromatic N) is 4. The average Bonchev–Trinajstić information content (AvgIpc) is 3.19. The van der Waals surface area contributed by atoms with Gasteiger partial charge in [0.25, 0.3) is 0 Å². The summed E-state index contributed by atoms with van der Waals surface area (Å²) in [6.45, 7) is 0. The minimum absolute atomic E-state index is 0.0506. The predicted molar refractivity (Wildman–Crippen MR) is 120 cm³/mol. The number of anilines is 1. The lowest BCUT2D eigenvalue weighted by Crippen LogP contribution is -2.15. The molecule has 10 heteroatoms. The predicted octanol–water partition coefficient (Wildman–Crippen LogP) is 5.51. The fourth-order valence-corrected chi connectivity index (χ4v) is 3.94. The Morgan fingerprint density at radius 2 is 1.81 bits per heavy atom. The molecule has 0 aliphatic rings. The Labute approximate surface area is 191 Å². The molecule has 2 heterocycles. The lowest BCUT2D eigenvalue weighted by molar-refractivity contribution is -0.113. The number of benzene rings is 2. The fourth-order valence-electron chi connectivity index (χ4n) is 2.76. The van der Waals surface area contributed by atoms with Gasteiger partial charge in [-0.3, -0.25) is 9.36 Å². The molecule has 1 amide bonds. The maximum absolute atomic E-state index is 13.4. The molecule has 4 aromatic rings. The van der Waals surface area contributed by atoms with E-state index in [9.17, 15) is 9.18 Å². The third kappa shape index (κ3) is 5.04. The standard InChI is InChI=1S/C21H14Cl2FN5OS/c22-14-10-17(23)19(25-11-14)26-18(30)12-31-21-28-27-20(13-6-8-15(24)9-7-13)29(21)16-4-2-1-3-5-16/h1-11H,12H2,(H,25,26,30). The molecule has 31 heavy (non-hydrogen) atoms. The Morgan fingerprint density at radius 1 is 1.06 bits per heavy atom. The highest BCUT2D eigenvalue weighted by atomic mass is 35.5. The van der Waals surface area contributed by atoms with Gasteiger partial charge in [0, 0.05) is 17.4 Å². The van der Waals surface area contributed by atoms with E-state index in [-0.39, 0.29) is 28.3 Å². The van der Waals surface area contributed by atoms with Gasteiger partial charge in [0.15, 0.2) is 16.8 Å². The number of hydrogen-bond donors (Lipinski definition) is 1. The summed E-state index contributed by atoms with van der Waals surface area (Å²) in [5, 5.41) is 12.3. The largest absolute Gasteiger partial charge is 0.309 e. The molecule has 0 bridgehead atoms. The first-order chi connectivity index (χ1) is 15.0. The minimum atomic E-state index is -0.338. The van der Waals surface area contributed by atoms with Gasteiger partial charge in [-0.1, -0.05) is 53.2 Å². The first-order valence-corrected chi connectivity index (χ1v) is 10.8. The van der Waals surface area contributed by atoms with E-state index in [1.165, 1.54) is 36.2 Å². The number of hydrogen-bond acceptors (Lipinski definition) is 5. The number of nitrogens with one attached hydrogen (secondary N) is 1. The van der Waals surface area contributed by atoms with Crippen LogP contribution in [0.5, 0.6) is 0 Å². The number of rotatable bonds is 6. The minimum Gasteiger partial charge on any atom is -0.309 e. The molecule has 0 aliphatic carbocycles. The summed E-state index contributed by atoms with van der Waals surface area (Å²) in [4.78, 5) is 16.4. The molecule has 0 saturated carbocycles. The van der Waals surface area contributed by atoms with E-state index < -0.39 is 0 Å². The molecular formula is C21H14Cl2FN5OS. The number of aromatic nitrogens is 4. The molecule has 0 unspecified atom stereocenters. The third-order valence-corrected chi connectivity index (χ3v) is 5.57. The monoisotopic (exact) mass is 473 g/mol. The second-order valence-electron chi connectivity index (χ2n) is 6.30. The summed E-state index contributed by atoms with van der Waals surface area (Å²) in [5.41, 5.74) is 1.52. The van der Waals surface area contributed by atoms with Crippen molar-refractivity contribution in [1.29, 1.82) is 0 Å². The van der Waals surface area contributed by atoms with Gasteiger partial charge in [-0.05, 0) is 42.5 Å². The normalized spacial score (nSPS) is 10.8. The van der Waals surface area contributed by atoms with Gasteiger partial charge >= 0.3 is 0 Å². The molecule has 156 valence electrons. The number of halogens is 3. The van der Waals surface area contributed by atoms with E-state index in [4.69, 9.17) is 23.2 Å². The molecule has 0 atom stereocenters. The topological polar surface area (TPSA) is 72.7 Å². The number of para-hydroxylation sites is 1.